The molecule has 3 rings (SSSR count). The molecule has 2 aromatic carbocycles. The molecular formula is C22H25N3O5. The quantitative estimate of drug-likeness (QED) is 0.555. The van der Waals surface area contributed by atoms with Crippen molar-refractivity contribution >= 4 is 28.7 Å². The van der Waals surface area contributed by atoms with E-state index in [4.69, 9.17) is 9.15 Å². The van der Waals surface area contributed by atoms with Crippen LogP contribution in [0.5, 0.6) is 0 Å². The number of aromatic nitrogens is 1. The first-order valence-electron chi connectivity index (χ1n) is 9.55. The van der Waals surface area contributed by atoms with E-state index in [1.54, 1.807) is 31.3 Å². The summed E-state index contributed by atoms with van der Waals surface area (Å²) in [5.74, 6) is -1.66. The molecule has 0 fully saturated rings. The average Bonchev–Trinajstić information content (AvgIpc) is 3.07. The van der Waals surface area contributed by atoms with Crippen LogP contribution in [0.2, 0.25) is 0 Å². The molecular weight excluding hydrogens is 386 g/mol. The number of para-hydroxylation sites is 2. The Bertz CT molecular complexity index is 1100. The number of rotatable bonds is 7. The van der Waals surface area contributed by atoms with Crippen molar-refractivity contribution in [3.05, 3.63) is 64.6 Å². The van der Waals surface area contributed by atoms with Crippen LogP contribution in [-0.2, 0) is 20.9 Å². The Balaban J connectivity index is 1.58. The van der Waals surface area contributed by atoms with Crippen molar-refractivity contribution in [1.29, 1.82) is 0 Å². The van der Waals surface area contributed by atoms with E-state index in [9.17, 15) is 14.4 Å². The number of hydrogen-bond donors (Lipinski definition) is 0. The molecule has 158 valence electrons. The first kappa shape index (κ1) is 21.2. The molecule has 3 aromatic rings. The van der Waals surface area contributed by atoms with Gasteiger partial charge in [-0.1, -0.05) is 24.3 Å². The van der Waals surface area contributed by atoms with Crippen LogP contribution >= 0.6 is 0 Å². The standard InChI is InChI=1S/C22H25N3O5/c1-15(25-18-7-5-6-8-19(18)30-22(25)28)21(27)29-14-20(26)24(4)13-16-9-11-17(12-10-16)23(2)3/h5-12,15H,13-14H2,1-4H3. The molecule has 0 N–H and O–H groups in total. The van der Waals surface area contributed by atoms with Crippen LogP contribution in [0.15, 0.2) is 57.7 Å². The highest BCUT2D eigenvalue weighted by molar-refractivity contribution is 5.83. The minimum Gasteiger partial charge on any atom is -0.454 e. The van der Waals surface area contributed by atoms with E-state index >= 15 is 0 Å². The fourth-order valence-electron chi connectivity index (χ4n) is 3.08. The molecule has 1 amide bonds. The smallest absolute Gasteiger partial charge is 0.420 e. The molecule has 0 saturated heterocycles. The number of benzene rings is 2. The number of ether oxygens (including phenoxy) is 1. The number of hydrogen-bond acceptors (Lipinski definition) is 6. The molecule has 0 radical (unpaired) electrons. The predicted molar refractivity (Wildman–Crippen MR) is 113 cm³/mol. The summed E-state index contributed by atoms with van der Waals surface area (Å²) in [5, 5.41) is 0. The van der Waals surface area contributed by atoms with Gasteiger partial charge in [-0.25, -0.2) is 9.59 Å². The molecule has 8 nitrogen and oxygen atoms in total. The van der Waals surface area contributed by atoms with Gasteiger partial charge in [-0.3, -0.25) is 9.36 Å². The van der Waals surface area contributed by atoms with Gasteiger partial charge in [-0.15, -0.1) is 0 Å². The second-order valence-corrected chi connectivity index (χ2v) is 7.30. The third kappa shape index (κ3) is 4.53. The SMILES string of the molecule is CC(C(=O)OCC(=O)N(C)Cc1ccc(N(C)C)cc1)n1c(=O)oc2ccccc21. The number of carbonyl (C=O) groups is 2. The van der Waals surface area contributed by atoms with E-state index in [1.165, 1.54) is 16.4 Å². The number of anilines is 1. The molecule has 0 saturated carbocycles. The summed E-state index contributed by atoms with van der Waals surface area (Å²) in [7, 11) is 5.56. The summed E-state index contributed by atoms with van der Waals surface area (Å²) in [4.78, 5) is 40.4. The Hall–Kier alpha value is -3.55. The van der Waals surface area contributed by atoms with Crippen molar-refractivity contribution in [2.75, 3.05) is 32.6 Å². The molecule has 0 bridgehead atoms. The first-order chi connectivity index (χ1) is 14.3. The molecule has 1 unspecified atom stereocenters. The zero-order valence-electron chi connectivity index (χ0n) is 17.5. The van der Waals surface area contributed by atoms with Gasteiger partial charge in [0.15, 0.2) is 12.2 Å². The maximum absolute atomic E-state index is 12.4. The van der Waals surface area contributed by atoms with Crippen LogP contribution in [0, 0.1) is 0 Å². The van der Waals surface area contributed by atoms with Gasteiger partial charge in [-0.2, -0.15) is 0 Å². The number of carbonyl (C=O) groups excluding carboxylic acids is 2. The summed E-state index contributed by atoms with van der Waals surface area (Å²) in [6.45, 7) is 1.53. The highest BCUT2D eigenvalue weighted by Crippen LogP contribution is 2.17. The topological polar surface area (TPSA) is 85.0 Å². The van der Waals surface area contributed by atoms with Gasteiger partial charge in [-0.05, 0) is 36.8 Å². The number of amides is 1. The number of oxazole rings is 1. The number of likely N-dealkylation sites (N-methyl/N-ethyl adjacent to an activating group) is 1. The monoisotopic (exact) mass is 411 g/mol. The van der Waals surface area contributed by atoms with Crippen LogP contribution in [-0.4, -0.2) is 49.1 Å². The van der Waals surface area contributed by atoms with E-state index < -0.39 is 24.4 Å². The summed E-state index contributed by atoms with van der Waals surface area (Å²) in [5.41, 5.74) is 2.92. The molecule has 1 aromatic heterocycles. The van der Waals surface area contributed by atoms with E-state index in [0.717, 1.165) is 11.3 Å². The summed E-state index contributed by atoms with van der Waals surface area (Å²) in [6.07, 6.45) is 0. The number of nitrogens with zero attached hydrogens (tertiary/aromatic N) is 3. The minimum absolute atomic E-state index is 0.336. The van der Waals surface area contributed by atoms with Crippen LogP contribution in [0.25, 0.3) is 11.1 Å². The van der Waals surface area contributed by atoms with Crippen LogP contribution < -0.4 is 10.7 Å². The van der Waals surface area contributed by atoms with Crippen LogP contribution in [0.1, 0.15) is 18.5 Å². The third-order valence-electron chi connectivity index (χ3n) is 4.88. The second-order valence-electron chi connectivity index (χ2n) is 7.30. The van der Waals surface area contributed by atoms with Crippen molar-refractivity contribution in [3.8, 4) is 0 Å². The van der Waals surface area contributed by atoms with Crippen molar-refractivity contribution < 1.29 is 18.7 Å². The Morgan fingerprint density at radius 1 is 1.07 bits per heavy atom. The number of fused-ring (bicyclic) bond motifs is 1. The summed E-state index contributed by atoms with van der Waals surface area (Å²) >= 11 is 0. The first-order valence-corrected chi connectivity index (χ1v) is 9.55. The van der Waals surface area contributed by atoms with Crippen molar-refractivity contribution in [1.82, 2.24) is 9.47 Å². The molecule has 0 aliphatic carbocycles. The molecule has 8 heteroatoms. The van der Waals surface area contributed by atoms with E-state index in [1.807, 2.05) is 43.3 Å². The summed E-state index contributed by atoms with van der Waals surface area (Å²) < 4.78 is 11.5. The lowest BCUT2D eigenvalue weighted by Gasteiger charge is -2.19. The van der Waals surface area contributed by atoms with Crippen LogP contribution in [0.4, 0.5) is 5.69 Å². The lowest BCUT2D eigenvalue weighted by atomic mass is 10.2. The Kier molecular flexibility index (Phi) is 6.25. The zero-order chi connectivity index (χ0) is 21.8. The fraction of sp³-hybridized carbons (Fsp3) is 0.318. The van der Waals surface area contributed by atoms with Gasteiger partial charge in [0.1, 0.15) is 6.04 Å². The Morgan fingerprint density at radius 3 is 2.40 bits per heavy atom. The third-order valence-corrected chi connectivity index (χ3v) is 4.88. The van der Waals surface area contributed by atoms with Gasteiger partial charge in [0.25, 0.3) is 5.91 Å². The molecule has 1 atom stereocenters. The van der Waals surface area contributed by atoms with Crippen molar-refractivity contribution in [3.63, 3.8) is 0 Å². The maximum Gasteiger partial charge on any atom is 0.420 e. The van der Waals surface area contributed by atoms with Gasteiger partial charge < -0.3 is 19.0 Å². The van der Waals surface area contributed by atoms with E-state index in [-0.39, 0.29) is 5.91 Å². The second kappa shape index (κ2) is 8.86. The van der Waals surface area contributed by atoms with Crippen molar-refractivity contribution in [2.24, 2.45) is 0 Å². The molecule has 30 heavy (non-hydrogen) atoms. The van der Waals surface area contributed by atoms with Gasteiger partial charge in [0.2, 0.25) is 0 Å². The molecule has 0 spiro atoms. The molecule has 1 heterocycles. The lowest BCUT2D eigenvalue weighted by Crippen LogP contribution is -2.33. The van der Waals surface area contributed by atoms with Gasteiger partial charge in [0.05, 0.1) is 5.52 Å². The highest BCUT2D eigenvalue weighted by atomic mass is 16.5. The summed E-state index contributed by atoms with van der Waals surface area (Å²) in [6, 6.07) is 13.7. The Morgan fingerprint density at radius 2 is 1.73 bits per heavy atom. The zero-order valence-corrected chi connectivity index (χ0v) is 17.5. The lowest BCUT2D eigenvalue weighted by molar-refractivity contribution is -0.154. The average molecular weight is 411 g/mol. The van der Waals surface area contributed by atoms with E-state index in [2.05, 4.69) is 0 Å². The van der Waals surface area contributed by atoms with Crippen LogP contribution in [0.3, 0.4) is 0 Å². The molecule has 0 aliphatic heterocycles. The number of esters is 1. The highest BCUT2D eigenvalue weighted by Gasteiger charge is 2.23. The fourth-order valence-corrected chi connectivity index (χ4v) is 3.08. The predicted octanol–water partition coefficient (Wildman–Crippen LogP) is 2.42. The normalized spacial score (nSPS) is 11.9. The van der Waals surface area contributed by atoms with Gasteiger partial charge in [0, 0.05) is 33.4 Å². The Labute approximate surface area is 174 Å². The molecule has 0 aliphatic rings. The van der Waals surface area contributed by atoms with Crippen molar-refractivity contribution in [2.45, 2.75) is 19.5 Å². The maximum atomic E-state index is 12.4. The van der Waals surface area contributed by atoms with E-state index in [0.29, 0.717) is 17.6 Å². The largest absolute Gasteiger partial charge is 0.454 e. The van der Waals surface area contributed by atoms with Gasteiger partial charge >= 0.3 is 11.7 Å². The minimum atomic E-state index is -0.919.